The zero-order valence-corrected chi connectivity index (χ0v) is 19.4. The van der Waals surface area contributed by atoms with Crippen molar-refractivity contribution in [3.8, 4) is 5.69 Å². The smallest absolute Gasteiger partial charge is 0.416 e. The van der Waals surface area contributed by atoms with E-state index >= 15 is 0 Å². The van der Waals surface area contributed by atoms with Gasteiger partial charge in [-0.25, -0.2) is 9.48 Å². The highest BCUT2D eigenvalue weighted by Gasteiger charge is 2.51. The first-order chi connectivity index (χ1) is 15.8. The number of alkyl halides is 3. The molecule has 1 amide bonds. The lowest BCUT2D eigenvalue weighted by molar-refractivity contribution is -0.152. The lowest BCUT2D eigenvalue weighted by Crippen LogP contribution is -2.54. The first kappa shape index (κ1) is 23.8. The van der Waals surface area contributed by atoms with Crippen molar-refractivity contribution in [1.82, 2.24) is 14.7 Å². The zero-order valence-electron chi connectivity index (χ0n) is 19.4. The Hall–Kier alpha value is -3.30. The van der Waals surface area contributed by atoms with Crippen molar-refractivity contribution < 1.29 is 32.2 Å². The molecule has 1 fully saturated rings. The Kier molecular flexibility index (Phi) is 5.73. The van der Waals surface area contributed by atoms with Crippen molar-refractivity contribution >= 4 is 18.1 Å². The number of carbonyl (C=O) groups excluding carboxylic acids is 2. The van der Waals surface area contributed by atoms with Crippen molar-refractivity contribution in [2.24, 2.45) is 5.41 Å². The van der Waals surface area contributed by atoms with Crippen LogP contribution in [-0.4, -0.2) is 52.5 Å². The Balaban J connectivity index is 1.68. The van der Waals surface area contributed by atoms with Crippen LogP contribution in [0.3, 0.4) is 0 Å². The van der Waals surface area contributed by atoms with Crippen molar-refractivity contribution in [3.63, 3.8) is 0 Å². The predicted octanol–water partition coefficient (Wildman–Crippen LogP) is 4.63. The molecular weight excluding hydrogens is 451 g/mol. The Labute approximate surface area is 195 Å². The number of likely N-dealkylation sites (tertiary alicyclic amines) is 1. The largest absolute Gasteiger partial charge is 0.468 e. The quantitative estimate of drug-likeness (QED) is 0.590. The number of methoxy groups -OCH3 is 1. The molecule has 1 aromatic carbocycles. The van der Waals surface area contributed by atoms with Gasteiger partial charge in [0, 0.05) is 13.1 Å². The summed E-state index contributed by atoms with van der Waals surface area (Å²) >= 11 is 0. The van der Waals surface area contributed by atoms with Gasteiger partial charge in [0.1, 0.15) is 11.0 Å². The minimum Gasteiger partial charge on any atom is -0.468 e. The van der Waals surface area contributed by atoms with E-state index in [4.69, 9.17) is 9.47 Å². The maximum absolute atomic E-state index is 13.0. The van der Waals surface area contributed by atoms with E-state index in [0.29, 0.717) is 24.3 Å². The molecule has 1 aromatic heterocycles. The third-order valence-corrected chi connectivity index (χ3v) is 6.08. The first-order valence-electron chi connectivity index (χ1n) is 10.9. The molecule has 4 rings (SSSR count). The van der Waals surface area contributed by atoms with Gasteiger partial charge in [0.05, 0.1) is 30.3 Å². The molecule has 2 aromatic rings. The Morgan fingerprint density at radius 3 is 2.38 bits per heavy atom. The van der Waals surface area contributed by atoms with Crippen LogP contribution in [0.5, 0.6) is 0 Å². The van der Waals surface area contributed by atoms with E-state index in [0.717, 1.165) is 23.3 Å². The van der Waals surface area contributed by atoms with Crippen LogP contribution in [-0.2, 0) is 26.9 Å². The number of benzene rings is 1. The molecule has 2 heterocycles. The summed E-state index contributed by atoms with van der Waals surface area (Å²) in [6.45, 7) is 5.80. The molecule has 0 N–H and O–H groups in total. The fourth-order valence-electron chi connectivity index (χ4n) is 4.50. The SMILES string of the molecule is COC(=O)C12Cc3cnn(-c4ccc(C(F)(F)F)cc4)c3C=C1CCN(C(=O)OC(C)(C)C)C2. The van der Waals surface area contributed by atoms with E-state index in [-0.39, 0.29) is 13.0 Å². The number of nitrogens with zero attached hydrogens (tertiary/aromatic N) is 3. The Bertz CT molecular complexity index is 1150. The van der Waals surface area contributed by atoms with Gasteiger partial charge in [-0.15, -0.1) is 0 Å². The highest BCUT2D eigenvalue weighted by molar-refractivity contribution is 5.86. The molecule has 0 saturated carbocycles. The van der Waals surface area contributed by atoms with E-state index < -0.39 is 34.8 Å². The number of halogens is 3. The minimum atomic E-state index is -4.42. The van der Waals surface area contributed by atoms with Crippen LogP contribution < -0.4 is 0 Å². The van der Waals surface area contributed by atoms with Gasteiger partial charge < -0.3 is 14.4 Å². The second kappa shape index (κ2) is 8.18. The normalized spacial score (nSPS) is 20.2. The molecule has 182 valence electrons. The molecule has 1 aliphatic carbocycles. The van der Waals surface area contributed by atoms with Gasteiger partial charge >= 0.3 is 18.2 Å². The van der Waals surface area contributed by atoms with Gasteiger partial charge in [0.2, 0.25) is 0 Å². The fraction of sp³-hybridized carbons (Fsp3) is 0.458. The standard InChI is InChI=1S/C24H26F3N3O4/c1-22(2,3)34-21(32)29-10-9-17-11-19-15(12-23(17,14-29)20(31)33-4)13-28-30(19)18-7-5-16(6-8-18)24(25,26)27/h5-8,11,13H,9-10,12,14H2,1-4H3. The molecule has 0 bridgehead atoms. The molecule has 1 aliphatic heterocycles. The maximum Gasteiger partial charge on any atom is 0.416 e. The lowest BCUT2D eigenvalue weighted by Gasteiger charge is -2.44. The van der Waals surface area contributed by atoms with Crippen molar-refractivity contribution in [2.75, 3.05) is 20.2 Å². The summed E-state index contributed by atoms with van der Waals surface area (Å²) in [6, 6.07) is 4.75. The van der Waals surface area contributed by atoms with E-state index in [2.05, 4.69) is 5.10 Å². The average molecular weight is 477 g/mol. The summed E-state index contributed by atoms with van der Waals surface area (Å²) in [4.78, 5) is 27.2. The summed E-state index contributed by atoms with van der Waals surface area (Å²) in [5.41, 5.74) is 0.206. The van der Waals surface area contributed by atoms with Gasteiger partial charge in [-0.2, -0.15) is 18.3 Å². The summed E-state index contributed by atoms with van der Waals surface area (Å²) in [7, 11) is 1.31. The van der Waals surface area contributed by atoms with Crippen LogP contribution in [0.15, 0.2) is 36.0 Å². The van der Waals surface area contributed by atoms with Crippen LogP contribution in [0.25, 0.3) is 11.8 Å². The Morgan fingerprint density at radius 2 is 1.79 bits per heavy atom. The zero-order chi connectivity index (χ0) is 24.9. The number of amides is 1. The number of aromatic nitrogens is 2. The number of hydrogen-bond acceptors (Lipinski definition) is 5. The molecule has 7 nitrogen and oxygen atoms in total. The summed E-state index contributed by atoms with van der Waals surface area (Å²) < 4.78 is 51.0. The number of piperidine rings is 1. The number of hydrogen-bond donors (Lipinski definition) is 0. The molecule has 1 unspecified atom stereocenters. The van der Waals surface area contributed by atoms with Gasteiger partial charge in [0.15, 0.2) is 0 Å². The average Bonchev–Trinajstić information content (AvgIpc) is 3.17. The minimum absolute atomic E-state index is 0.102. The molecule has 10 heteroatoms. The number of fused-ring (bicyclic) bond motifs is 2. The van der Waals surface area contributed by atoms with Crippen LogP contribution in [0.4, 0.5) is 18.0 Å². The number of esters is 1. The van der Waals surface area contributed by atoms with Crippen LogP contribution >= 0.6 is 0 Å². The predicted molar refractivity (Wildman–Crippen MR) is 117 cm³/mol. The summed E-state index contributed by atoms with van der Waals surface area (Å²) in [5, 5.41) is 4.37. The number of rotatable bonds is 2. The molecule has 0 radical (unpaired) electrons. The molecule has 1 atom stereocenters. The molecule has 34 heavy (non-hydrogen) atoms. The van der Waals surface area contributed by atoms with E-state index in [9.17, 15) is 22.8 Å². The van der Waals surface area contributed by atoms with E-state index in [1.54, 1.807) is 31.6 Å². The second-order valence-corrected chi connectivity index (χ2v) is 9.58. The van der Waals surface area contributed by atoms with E-state index in [1.807, 2.05) is 6.08 Å². The van der Waals surface area contributed by atoms with Crippen LogP contribution in [0, 0.1) is 5.41 Å². The van der Waals surface area contributed by atoms with Gasteiger partial charge in [0.25, 0.3) is 0 Å². The molecule has 2 aliphatic rings. The topological polar surface area (TPSA) is 73.7 Å². The maximum atomic E-state index is 13.0. The first-order valence-corrected chi connectivity index (χ1v) is 10.9. The molecule has 1 saturated heterocycles. The van der Waals surface area contributed by atoms with Crippen molar-refractivity contribution in [1.29, 1.82) is 0 Å². The third kappa shape index (κ3) is 4.28. The van der Waals surface area contributed by atoms with Gasteiger partial charge in [-0.3, -0.25) is 4.79 Å². The van der Waals surface area contributed by atoms with Gasteiger partial charge in [-0.1, -0.05) is 0 Å². The number of carbonyl (C=O) groups is 2. The highest BCUT2D eigenvalue weighted by Crippen LogP contribution is 2.45. The molecule has 0 spiro atoms. The van der Waals surface area contributed by atoms with Crippen molar-refractivity contribution in [2.45, 2.75) is 45.4 Å². The van der Waals surface area contributed by atoms with Gasteiger partial charge in [-0.05, 0) is 75.1 Å². The van der Waals surface area contributed by atoms with Crippen LogP contribution in [0.1, 0.15) is 44.0 Å². The van der Waals surface area contributed by atoms with Crippen molar-refractivity contribution in [3.05, 3.63) is 52.9 Å². The molecular formula is C24H26F3N3O4. The third-order valence-electron chi connectivity index (χ3n) is 6.08. The van der Waals surface area contributed by atoms with E-state index in [1.165, 1.54) is 24.1 Å². The summed E-state index contributed by atoms with van der Waals surface area (Å²) in [6.07, 6.45) is -0.815. The monoisotopic (exact) mass is 477 g/mol. The van der Waals surface area contributed by atoms with Crippen LogP contribution in [0.2, 0.25) is 0 Å². The summed E-state index contributed by atoms with van der Waals surface area (Å²) in [5.74, 6) is -0.458. The number of ether oxygens (including phenoxy) is 2. The highest BCUT2D eigenvalue weighted by atomic mass is 19.4. The second-order valence-electron chi connectivity index (χ2n) is 9.58. The Morgan fingerprint density at radius 1 is 1.12 bits per heavy atom. The fourth-order valence-corrected chi connectivity index (χ4v) is 4.50. The lowest BCUT2D eigenvalue weighted by atomic mass is 9.68.